The Balaban J connectivity index is 3.44. The highest BCUT2D eigenvalue weighted by Crippen LogP contribution is 2.25. The third-order valence-corrected chi connectivity index (χ3v) is 1.68. The summed E-state index contributed by atoms with van der Waals surface area (Å²) < 4.78 is 30.5. The second-order valence-electron chi connectivity index (χ2n) is 2.57. The molecular formula is C9H6F2O4. The van der Waals surface area contributed by atoms with Crippen LogP contribution in [-0.4, -0.2) is 24.0 Å². The summed E-state index contributed by atoms with van der Waals surface area (Å²) in [7, 11) is 1.01. The zero-order valence-corrected chi connectivity index (χ0v) is 7.58. The first-order valence-electron chi connectivity index (χ1n) is 3.78. The monoisotopic (exact) mass is 216 g/mol. The van der Waals surface area contributed by atoms with E-state index in [9.17, 15) is 18.4 Å². The lowest BCUT2D eigenvalue weighted by molar-refractivity contribution is -0.131. The van der Waals surface area contributed by atoms with E-state index >= 15 is 0 Å². The maximum atomic E-state index is 13.1. The van der Waals surface area contributed by atoms with Crippen molar-refractivity contribution in [1.29, 1.82) is 0 Å². The number of rotatable bonds is 3. The Morgan fingerprint density at radius 3 is 2.27 bits per heavy atom. The van der Waals surface area contributed by atoms with Crippen LogP contribution in [0.5, 0.6) is 5.75 Å². The number of carboxylic acid groups (broad SMARTS) is 1. The summed E-state index contributed by atoms with van der Waals surface area (Å²) >= 11 is 0. The Kier molecular flexibility index (Phi) is 2.99. The van der Waals surface area contributed by atoms with E-state index in [2.05, 4.69) is 4.74 Å². The summed E-state index contributed by atoms with van der Waals surface area (Å²) in [6.07, 6.45) is 0. The van der Waals surface area contributed by atoms with Crippen molar-refractivity contribution in [2.45, 2.75) is 0 Å². The van der Waals surface area contributed by atoms with Crippen LogP contribution < -0.4 is 4.74 Å². The molecule has 0 radical (unpaired) electrons. The number of ether oxygens (including phenoxy) is 1. The Labute approximate surface area is 83.1 Å². The molecular weight excluding hydrogens is 210 g/mol. The summed E-state index contributed by atoms with van der Waals surface area (Å²) in [6.45, 7) is 0. The molecule has 0 aliphatic rings. The number of ketones is 1. The van der Waals surface area contributed by atoms with Crippen molar-refractivity contribution in [1.82, 2.24) is 0 Å². The van der Waals surface area contributed by atoms with Crippen LogP contribution in [0.1, 0.15) is 10.4 Å². The zero-order valence-electron chi connectivity index (χ0n) is 7.58. The van der Waals surface area contributed by atoms with Crippen LogP contribution in [0, 0.1) is 11.6 Å². The second kappa shape index (κ2) is 4.04. The van der Waals surface area contributed by atoms with Crippen LogP contribution in [0.25, 0.3) is 0 Å². The topological polar surface area (TPSA) is 63.6 Å². The van der Waals surface area contributed by atoms with Crippen LogP contribution in [0.4, 0.5) is 8.78 Å². The lowest BCUT2D eigenvalue weighted by Gasteiger charge is -2.07. The number of hydrogen-bond acceptors (Lipinski definition) is 3. The number of carbonyl (C=O) groups is 2. The number of hydrogen-bond donors (Lipinski definition) is 1. The van der Waals surface area contributed by atoms with Gasteiger partial charge in [-0.1, -0.05) is 0 Å². The summed E-state index contributed by atoms with van der Waals surface area (Å²) in [4.78, 5) is 21.3. The van der Waals surface area contributed by atoms with Crippen LogP contribution >= 0.6 is 0 Å². The molecule has 0 atom stereocenters. The molecule has 80 valence electrons. The minimum Gasteiger partial charge on any atom is -0.493 e. The van der Waals surface area contributed by atoms with Crippen LogP contribution in [0.2, 0.25) is 0 Å². The van der Waals surface area contributed by atoms with Gasteiger partial charge in [0.05, 0.1) is 7.11 Å². The molecule has 0 aliphatic heterocycles. The second-order valence-corrected chi connectivity index (χ2v) is 2.57. The van der Waals surface area contributed by atoms with E-state index in [1.165, 1.54) is 0 Å². The minimum absolute atomic E-state index is 0.661. The standard InChI is InChI=1S/C9H6F2O4/c1-15-8-5(11)3-2-4(10)6(8)7(12)9(13)14/h2-3H,1H3,(H,13,14). The minimum atomic E-state index is -1.88. The molecule has 0 spiro atoms. The molecule has 0 saturated carbocycles. The molecule has 1 N–H and O–H groups in total. The molecule has 1 aromatic rings. The first-order chi connectivity index (χ1) is 6.99. The molecule has 1 aromatic carbocycles. The van der Waals surface area contributed by atoms with Gasteiger partial charge in [0.15, 0.2) is 11.6 Å². The van der Waals surface area contributed by atoms with Gasteiger partial charge in [-0.05, 0) is 12.1 Å². The van der Waals surface area contributed by atoms with Gasteiger partial charge in [0.1, 0.15) is 11.4 Å². The third-order valence-electron chi connectivity index (χ3n) is 1.68. The predicted molar refractivity (Wildman–Crippen MR) is 44.9 cm³/mol. The summed E-state index contributed by atoms with van der Waals surface area (Å²) in [5.74, 6) is -6.27. The van der Waals surface area contributed by atoms with Crippen molar-refractivity contribution in [3.63, 3.8) is 0 Å². The smallest absolute Gasteiger partial charge is 0.377 e. The Morgan fingerprint density at radius 2 is 1.80 bits per heavy atom. The fraction of sp³-hybridized carbons (Fsp3) is 0.111. The predicted octanol–water partition coefficient (Wildman–Crippen LogP) is 1.24. The quantitative estimate of drug-likeness (QED) is 0.609. The third kappa shape index (κ3) is 1.93. The highest BCUT2D eigenvalue weighted by Gasteiger charge is 2.26. The number of methoxy groups -OCH3 is 1. The van der Waals surface area contributed by atoms with E-state index in [0.29, 0.717) is 6.07 Å². The molecule has 0 heterocycles. The van der Waals surface area contributed by atoms with Crippen molar-refractivity contribution in [3.05, 3.63) is 29.3 Å². The highest BCUT2D eigenvalue weighted by molar-refractivity contribution is 6.40. The summed E-state index contributed by atoms with van der Waals surface area (Å²) in [6, 6.07) is 1.40. The van der Waals surface area contributed by atoms with Crippen molar-refractivity contribution in [3.8, 4) is 5.75 Å². The van der Waals surface area contributed by atoms with E-state index in [0.717, 1.165) is 13.2 Å². The van der Waals surface area contributed by atoms with Gasteiger partial charge in [-0.25, -0.2) is 13.6 Å². The van der Waals surface area contributed by atoms with Crippen molar-refractivity contribution < 1.29 is 28.2 Å². The normalized spacial score (nSPS) is 9.80. The Bertz CT molecular complexity index is 428. The van der Waals surface area contributed by atoms with E-state index in [4.69, 9.17) is 5.11 Å². The molecule has 15 heavy (non-hydrogen) atoms. The number of benzene rings is 1. The number of aliphatic carboxylic acids is 1. The van der Waals surface area contributed by atoms with E-state index in [1.807, 2.05) is 0 Å². The van der Waals surface area contributed by atoms with E-state index in [-0.39, 0.29) is 0 Å². The number of carboxylic acids is 1. The van der Waals surface area contributed by atoms with Crippen molar-refractivity contribution in [2.24, 2.45) is 0 Å². The summed E-state index contributed by atoms with van der Waals surface area (Å²) in [5, 5.41) is 8.38. The maximum absolute atomic E-state index is 13.1. The molecule has 1 rings (SSSR count). The number of halogens is 2. The van der Waals surface area contributed by atoms with Gasteiger partial charge < -0.3 is 9.84 Å². The Morgan fingerprint density at radius 1 is 1.27 bits per heavy atom. The first-order valence-corrected chi connectivity index (χ1v) is 3.78. The molecule has 0 fully saturated rings. The average molecular weight is 216 g/mol. The van der Waals surface area contributed by atoms with Crippen LogP contribution in [0.15, 0.2) is 12.1 Å². The molecule has 0 amide bonds. The van der Waals surface area contributed by atoms with E-state index in [1.54, 1.807) is 0 Å². The van der Waals surface area contributed by atoms with Crippen molar-refractivity contribution >= 4 is 11.8 Å². The van der Waals surface area contributed by atoms with Gasteiger partial charge in [0.2, 0.25) is 0 Å². The molecule has 6 heteroatoms. The Hall–Kier alpha value is -1.98. The van der Waals surface area contributed by atoms with Gasteiger partial charge >= 0.3 is 5.97 Å². The number of Topliss-reactive ketones (excluding diaryl/α,β-unsaturated/α-hetero) is 1. The average Bonchev–Trinajstić information content (AvgIpc) is 2.19. The molecule has 0 aromatic heterocycles. The molecule has 0 aliphatic carbocycles. The first kappa shape index (κ1) is 11.1. The van der Waals surface area contributed by atoms with Gasteiger partial charge in [-0.2, -0.15) is 0 Å². The molecule has 0 unspecified atom stereocenters. The molecule has 0 saturated heterocycles. The van der Waals surface area contributed by atoms with Crippen molar-refractivity contribution in [2.75, 3.05) is 7.11 Å². The van der Waals surface area contributed by atoms with Gasteiger partial charge in [0.25, 0.3) is 5.78 Å². The maximum Gasteiger partial charge on any atom is 0.377 e. The van der Waals surface area contributed by atoms with Gasteiger partial charge in [-0.15, -0.1) is 0 Å². The molecule has 4 nitrogen and oxygen atoms in total. The molecule has 0 bridgehead atoms. The SMILES string of the molecule is COc1c(F)ccc(F)c1C(=O)C(=O)O. The zero-order chi connectivity index (χ0) is 11.6. The largest absolute Gasteiger partial charge is 0.493 e. The van der Waals surface area contributed by atoms with E-state index < -0.39 is 34.7 Å². The van der Waals surface area contributed by atoms with Crippen LogP contribution in [0.3, 0.4) is 0 Å². The lowest BCUT2D eigenvalue weighted by atomic mass is 10.1. The van der Waals surface area contributed by atoms with Gasteiger partial charge in [0, 0.05) is 0 Å². The fourth-order valence-corrected chi connectivity index (χ4v) is 1.05. The van der Waals surface area contributed by atoms with Crippen LogP contribution in [-0.2, 0) is 4.79 Å². The highest BCUT2D eigenvalue weighted by atomic mass is 19.1. The van der Waals surface area contributed by atoms with Gasteiger partial charge in [-0.3, -0.25) is 4.79 Å². The fourth-order valence-electron chi connectivity index (χ4n) is 1.05. The lowest BCUT2D eigenvalue weighted by Crippen LogP contribution is -2.16. The summed E-state index contributed by atoms with van der Waals surface area (Å²) in [5.41, 5.74) is -0.912. The number of carbonyl (C=O) groups excluding carboxylic acids is 1.